The number of nitrogens with zero attached hydrogens (tertiary/aromatic N) is 6. The molecule has 39 heavy (non-hydrogen) atoms. The SMILES string of the molecule is CCN1CCN(C2=CCC=C(c3cnn4ccc(N5CCC[C@]5(C)c5cc(F)ccc5F)nc34)C=C2)[C@H](C)C1. The van der Waals surface area contributed by atoms with E-state index >= 15 is 0 Å². The maximum absolute atomic E-state index is 14.9. The van der Waals surface area contributed by atoms with E-state index < -0.39 is 11.4 Å². The summed E-state index contributed by atoms with van der Waals surface area (Å²) in [5.41, 5.74) is 3.75. The Bertz CT molecular complexity index is 1470. The van der Waals surface area contributed by atoms with Crippen molar-refractivity contribution < 1.29 is 8.78 Å². The monoisotopic (exact) mass is 530 g/mol. The van der Waals surface area contributed by atoms with Crippen LogP contribution in [0.1, 0.15) is 51.2 Å². The topological polar surface area (TPSA) is 39.9 Å². The van der Waals surface area contributed by atoms with Gasteiger partial charge < -0.3 is 9.80 Å². The van der Waals surface area contributed by atoms with Crippen LogP contribution in [0.2, 0.25) is 0 Å². The smallest absolute Gasteiger partial charge is 0.165 e. The summed E-state index contributed by atoms with van der Waals surface area (Å²) in [6.45, 7) is 11.5. The number of allylic oxidation sites excluding steroid dienone is 5. The molecule has 2 saturated heterocycles. The molecule has 3 aliphatic rings. The second-order valence-electron chi connectivity index (χ2n) is 11.1. The zero-order valence-corrected chi connectivity index (χ0v) is 22.9. The molecule has 3 aromatic rings. The third-order valence-corrected chi connectivity index (χ3v) is 8.68. The maximum Gasteiger partial charge on any atom is 0.165 e. The van der Waals surface area contributed by atoms with Gasteiger partial charge in [-0.25, -0.2) is 18.3 Å². The van der Waals surface area contributed by atoms with E-state index in [-0.39, 0.29) is 5.82 Å². The zero-order chi connectivity index (χ0) is 27.1. The van der Waals surface area contributed by atoms with Gasteiger partial charge >= 0.3 is 0 Å². The van der Waals surface area contributed by atoms with Crippen LogP contribution in [0.25, 0.3) is 11.2 Å². The molecule has 2 atom stereocenters. The number of aromatic nitrogens is 3. The lowest BCUT2D eigenvalue weighted by molar-refractivity contribution is 0.118. The van der Waals surface area contributed by atoms with Crippen molar-refractivity contribution in [2.24, 2.45) is 0 Å². The van der Waals surface area contributed by atoms with E-state index in [0.29, 0.717) is 11.6 Å². The highest BCUT2D eigenvalue weighted by molar-refractivity contribution is 5.83. The van der Waals surface area contributed by atoms with E-state index in [0.717, 1.165) is 74.6 Å². The molecule has 1 aromatic carbocycles. The number of halogens is 2. The van der Waals surface area contributed by atoms with Crippen molar-refractivity contribution in [1.29, 1.82) is 0 Å². The van der Waals surface area contributed by atoms with Gasteiger partial charge in [0, 0.05) is 55.2 Å². The maximum atomic E-state index is 14.9. The number of hydrogen-bond acceptors (Lipinski definition) is 5. The predicted molar refractivity (Wildman–Crippen MR) is 151 cm³/mol. The summed E-state index contributed by atoms with van der Waals surface area (Å²) in [7, 11) is 0. The van der Waals surface area contributed by atoms with Gasteiger partial charge in [0.2, 0.25) is 0 Å². The first-order valence-corrected chi connectivity index (χ1v) is 14.0. The first-order chi connectivity index (χ1) is 18.9. The number of benzene rings is 1. The number of rotatable bonds is 5. The molecule has 0 unspecified atom stereocenters. The fourth-order valence-corrected chi connectivity index (χ4v) is 6.47. The molecule has 0 radical (unpaired) electrons. The Morgan fingerprint density at radius 1 is 1.08 bits per heavy atom. The summed E-state index contributed by atoms with van der Waals surface area (Å²) in [6.07, 6.45) is 15.1. The Kier molecular flexibility index (Phi) is 6.75. The number of anilines is 1. The number of likely N-dealkylation sites (N-methyl/N-ethyl adjacent to an activating group) is 1. The molecule has 0 N–H and O–H groups in total. The first kappa shape index (κ1) is 25.7. The fraction of sp³-hybridized carbons (Fsp3) is 0.419. The van der Waals surface area contributed by atoms with Crippen LogP contribution < -0.4 is 4.90 Å². The van der Waals surface area contributed by atoms with Gasteiger partial charge in [-0.05, 0) is 75.6 Å². The number of hydrogen-bond donors (Lipinski definition) is 0. The molecule has 6 nitrogen and oxygen atoms in total. The summed E-state index contributed by atoms with van der Waals surface area (Å²) >= 11 is 0. The lowest BCUT2D eigenvalue weighted by Crippen LogP contribution is -2.50. The van der Waals surface area contributed by atoms with Gasteiger partial charge in [0.05, 0.1) is 11.7 Å². The average Bonchev–Trinajstić information content (AvgIpc) is 3.46. The lowest BCUT2D eigenvalue weighted by atomic mass is 9.88. The van der Waals surface area contributed by atoms with Gasteiger partial charge in [-0.3, -0.25) is 4.90 Å². The van der Waals surface area contributed by atoms with Gasteiger partial charge in [-0.15, -0.1) is 0 Å². The lowest BCUT2D eigenvalue weighted by Gasteiger charge is -2.41. The molecule has 2 aliphatic heterocycles. The molecule has 2 aromatic heterocycles. The average molecular weight is 531 g/mol. The number of piperazine rings is 1. The predicted octanol–water partition coefficient (Wildman–Crippen LogP) is 5.78. The highest BCUT2D eigenvalue weighted by Gasteiger charge is 2.41. The highest BCUT2D eigenvalue weighted by atomic mass is 19.1. The van der Waals surface area contributed by atoms with Crippen LogP contribution in [0.4, 0.5) is 14.6 Å². The first-order valence-electron chi connectivity index (χ1n) is 14.0. The van der Waals surface area contributed by atoms with Crippen molar-refractivity contribution in [1.82, 2.24) is 24.4 Å². The second kappa shape index (κ2) is 10.2. The Morgan fingerprint density at radius 3 is 2.77 bits per heavy atom. The Labute approximate surface area is 228 Å². The molecule has 0 bridgehead atoms. The van der Waals surface area contributed by atoms with E-state index in [2.05, 4.69) is 57.9 Å². The van der Waals surface area contributed by atoms with Gasteiger partial charge in [0.1, 0.15) is 17.5 Å². The van der Waals surface area contributed by atoms with Crippen LogP contribution in [0, 0.1) is 11.6 Å². The largest absolute Gasteiger partial charge is 0.367 e. The molecule has 0 spiro atoms. The standard InChI is InChI=1S/C31H36F2N6/c1-4-36-17-18-37(22(2)21-36)25-8-5-7-23(9-11-25)26-20-34-39-16-13-29(35-30(26)39)38-15-6-14-31(38,3)27-19-24(32)10-12-28(27)33/h7-13,16,19-20,22H,4-6,14-15,17-18,21H2,1-3H3/t22-,31-/m1/s1. The van der Waals surface area contributed by atoms with Crippen molar-refractivity contribution in [3.8, 4) is 0 Å². The van der Waals surface area contributed by atoms with E-state index in [4.69, 9.17) is 4.98 Å². The van der Waals surface area contributed by atoms with Crippen LogP contribution in [0.15, 0.2) is 66.7 Å². The molecule has 204 valence electrons. The highest BCUT2D eigenvalue weighted by Crippen LogP contribution is 2.42. The molecule has 2 fully saturated rings. The van der Waals surface area contributed by atoms with E-state index in [1.807, 2.05) is 25.4 Å². The van der Waals surface area contributed by atoms with E-state index in [1.54, 1.807) is 4.52 Å². The van der Waals surface area contributed by atoms with Crippen molar-refractivity contribution in [3.63, 3.8) is 0 Å². The quantitative estimate of drug-likeness (QED) is 0.419. The van der Waals surface area contributed by atoms with E-state index in [9.17, 15) is 8.78 Å². The van der Waals surface area contributed by atoms with Gasteiger partial charge in [-0.1, -0.05) is 25.2 Å². The van der Waals surface area contributed by atoms with Gasteiger partial charge in [0.15, 0.2) is 5.65 Å². The van der Waals surface area contributed by atoms with Crippen molar-refractivity contribution >= 4 is 17.0 Å². The summed E-state index contributed by atoms with van der Waals surface area (Å²) in [5, 5.41) is 4.57. The third kappa shape index (κ3) is 4.65. The summed E-state index contributed by atoms with van der Waals surface area (Å²) in [4.78, 5) is 12.2. The summed E-state index contributed by atoms with van der Waals surface area (Å²) in [6, 6.07) is 6.10. The molecule has 0 saturated carbocycles. The van der Waals surface area contributed by atoms with E-state index in [1.165, 1.54) is 23.9 Å². The summed E-state index contributed by atoms with van der Waals surface area (Å²) < 4.78 is 30.8. The van der Waals surface area contributed by atoms with Crippen LogP contribution in [0.5, 0.6) is 0 Å². The van der Waals surface area contributed by atoms with Crippen LogP contribution >= 0.6 is 0 Å². The minimum Gasteiger partial charge on any atom is -0.367 e. The van der Waals surface area contributed by atoms with Crippen LogP contribution in [0.3, 0.4) is 0 Å². The Balaban J connectivity index is 1.29. The van der Waals surface area contributed by atoms with Crippen LogP contribution in [-0.2, 0) is 5.54 Å². The zero-order valence-electron chi connectivity index (χ0n) is 22.9. The fourth-order valence-electron chi connectivity index (χ4n) is 6.47. The second-order valence-corrected chi connectivity index (χ2v) is 11.1. The molecular formula is C31H36F2N6. The molecular weight excluding hydrogens is 494 g/mol. The van der Waals surface area contributed by atoms with Gasteiger partial charge in [0.25, 0.3) is 0 Å². The van der Waals surface area contributed by atoms with Crippen molar-refractivity contribution in [2.45, 2.75) is 51.6 Å². The molecule has 8 heteroatoms. The minimum absolute atomic E-state index is 0.373. The normalized spacial score (nSPS) is 24.3. The third-order valence-electron chi connectivity index (χ3n) is 8.68. The van der Waals surface area contributed by atoms with Gasteiger partial charge in [-0.2, -0.15) is 5.10 Å². The molecule has 4 heterocycles. The number of fused-ring (bicyclic) bond motifs is 1. The Hall–Kier alpha value is -3.52. The molecule has 0 amide bonds. The van der Waals surface area contributed by atoms with Crippen LogP contribution in [-0.4, -0.2) is 63.2 Å². The minimum atomic E-state index is -0.684. The summed E-state index contributed by atoms with van der Waals surface area (Å²) in [5.74, 6) is -0.0744. The van der Waals surface area contributed by atoms with Crippen molar-refractivity contribution in [2.75, 3.05) is 37.6 Å². The Morgan fingerprint density at radius 2 is 1.95 bits per heavy atom. The molecule has 1 aliphatic carbocycles. The molecule has 6 rings (SSSR count). The van der Waals surface area contributed by atoms with Crippen molar-refractivity contribution in [3.05, 3.63) is 89.4 Å².